The molecule has 0 saturated heterocycles. The number of benzene rings is 2. The standard InChI is InChI=1S/C19H24N2O3/c1-4-5-18(20(2)3)19(24)21(14-6-10-16(22)11-7-14)15-8-12-17(23)13-9-15/h6-13,18,22-23H,4-5H2,1-3H3. The molecule has 2 aromatic rings. The lowest BCUT2D eigenvalue weighted by atomic mass is 10.1. The summed E-state index contributed by atoms with van der Waals surface area (Å²) in [6.07, 6.45) is 1.64. The summed E-state index contributed by atoms with van der Waals surface area (Å²) in [5.41, 5.74) is 1.35. The van der Waals surface area contributed by atoms with Gasteiger partial charge in [0.15, 0.2) is 0 Å². The van der Waals surface area contributed by atoms with Crippen LogP contribution < -0.4 is 4.90 Å². The highest BCUT2D eigenvalue weighted by Gasteiger charge is 2.27. The Morgan fingerprint density at radius 1 is 0.917 bits per heavy atom. The summed E-state index contributed by atoms with van der Waals surface area (Å²) < 4.78 is 0. The number of phenolic OH excluding ortho intramolecular Hbond substituents is 2. The number of likely N-dealkylation sites (N-methyl/N-ethyl adjacent to an activating group) is 1. The molecule has 0 spiro atoms. The molecule has 0 saturated carbocycles. The van der Waals surface area contributed by atoms with Gasteiger partial charge in [0.05, 0.1) is 6.04 Å². The highest BCUT2D eigenvalue weighted by Crippen LogP contribution is 2.30. The maximum absolute atomic E-state index is 13.2. The average Bonchev–Trinajstić information content (AvgIpc) is 2.56. The lowest BCUT2D eigenvalue weighted by Gasteiger charge is -2.31. The zero-order valence-corrected chi connectivity index (χ0v) is 14.3. The van der Waals surface area contributed by atoms with Gasteiger partial charge in [-0.1, -0.05) is 13.3 Å². The van der Waals surface area contributed by atoms with E-state index in [1.54, 1.807) is 53.4 Å². The Morgan fingerprint density at radius 3 is 1.67 bits per heavy atom. The van der Waals surface area contributed by atoms with Crippen molar-refractivity contribution in [3.63, 3.8) is 0 Å². The number of anilines is 2. The third-order valence-electron chi connectivity index (χ3n) is 3.91. The molecule has 5 nitrogen and oxygen atoms in total. The Kier molecular flexibility index (Phi) is 5.82. The zero-order valence-electron chi connectivity index (χ0n) is 14.3. The highest BCUT2D eigenvalue weighted by atomic mass is 16.3. The van der Waals surface area contributed by atoms with Crippen LogP contribution in [0.15, 0.2) is 48.5 Å². The van der Waals surface area contributed by atoms with Crippen LogP contribution in [0.5, 0.6) is 11.5 Å². The van der Waals surface area contributed by atoms with Crippen molar-refractivity contribution >= 4 is 17.3 Å². The van der Waals surface area contributed by atoms with Crippen molar-refractivity contribution < 1.29 is 15.0 Å². The molecule has 0 radical (unpaired) electrons. The van der Waals surface area contributed by atoms with Crippen LogP contribution in [0.4, 0.5) is 11.4 Å². The van der Waals surface area contributed by atoms with Crippen LogP contribution in [0.1, 0.15) is 19.8 Å². The molecular weight excluding hydrogens is 304 g/mol. The molecule has 0 heterocycles. The van der Waals surface area contributed by atoms with Crippen LogP contribution in [-0.4, -0.2) is 41.2 Å². The number of carbonyl (C=O) groups excluding carboxylic acids is 1. The average molecular weight is 328 g/mol. The van der Waals surface area contributed by atoms with E-state index in [1.165, 1.54) is 0 Å². The van der Waals surface area contributed by atoms with Crippen LogP contribution in [0.3, 0.4) is 0 Å². The Labute approximate surface area is 142 Å². The predicted molar refractivity (Wildman–Crippen MR) is 95.7 cm³/mol. The molecule has 0 fully saturated rings. The van der Waals surface area contributed by atoms with Crippen molar-refractivity contribution in [1.29, 1.82) is 0 Å². The van der Waals surface area contributed by atoms with Gasteiger partial charge in [0.1, 0.15) is 11.5 Å². The molecule has 1 unspecified atom stereocenters. The van der Waals surface area contributed by atoms with E-state index in [9.17, 15) is 15.0 Å². The molecular formula is C19H24N2O3. The van der Waals surface area contributed by atoms with Crippen molar-refractivity contribution in [3.05, 3.63) is 48.5 Å². The minimum atomic E-state index is -0.252. The van der Waals surface area contributed by atoms with Gasteiger partial charge in [0.25, 0.3) is 0 Å². The molecule has 0 bridgehead atoms. The molecule has 1 atom stereocenters. The van der Waals surface area contributed by atoms with E-state index in [0.717, 1.165) is 12.8 Å². The van der Waals surface area contributed by atoms with Crippen molar-refractivity contribution in [2.75, 3.05) is 19.0 Å². The van der Waals surface area contributed by atoms with E-state index in [-0.39, 0.29) is 23.4 Å². The zero-order chi connectivity index (χ0) is 17.7. The molecule has 5 heteroatoms. The molecule has 0 aliphatic carbocycles. The Hall–Kier alpha value is -2.53. The fourth-order valence-corrected chi connectivity index (χ4v) is 2.63. The van der Waals surface area contributed by atoms with Crippen LogP contribution in [0, 0.1) is 0 Å². The summed E-state index contributed by atoms with van der Waals surface area (Å²) in [6.45, 7) is 2.05. The maximum atomic E-state index is 13.2. The molecule has 2 N–H and O–H groups in total. The van der Waals surface area contributed by atoms with E-state index < -0.39 is 0 Å². The topological polar surface area (TPSA) is 64.0 Å². The number of hydrogen-bond donors (Lipinski definition) is 2. The van der Waals surface area contributed by atoms with Gasteiger partial charge in [-0.05, 0) is 69.0 Å². The Balaban J connectivity index is 2.47. The minimum absolute atomic E-state index is 0.0433. The number of rotatable bonds is 6. The third-order valence-corrected chi connectivity index (χ3v) is 3.91. The number of aromatic hydroxyl groups is 2. The first-order valence-corrected chi connectivity index (χ1v) is 8.02. The summed E-state index contributed by atoms with van der Waals surface area (Å²) in [7, 11) is 3.79. The first-order valence-electron chi connectivity index (χ1n) is 8.02. The number of phenols is 2. The number of hydrogen-bond acceptors (Lipinski definition) is 4. The fourth-order valence-electron chi connectivity index (χ4n) is 2.63. The van der Waals surface area contributed by atoms with Crippen LogP contribution in [0.2, 0.25) is 0 Å². The number of nitrogens with zero attached hydrogens (tertiary/aromatic N) is 2. The van der Waals surface area contributed by atoms with Gasteiger partial charge < -0.3 is 10.2 Å². The van der Waals surface area contributed by atoms with Crippen LogP contribution in [-0.2, 0) is 4.79 Å². The van der Waals surface area contributed by atoms with Crippen LogP contribution >= 0.6 is 0 Å². The lowest BCUT2D eigenvalue weighted by molar-refractivity contribution is -0.122. The molecule has 0 aliphatic rings. The normalized spacial score (nSPS) is 12.2. The van der Waals surface area contributed by atoms with E-state index in [2.05, 4.69) is 6.92 Å². The van der Waals surface area contributed by atoms with E-state index >= 15 is 0 Å². The second-order valence-corrected chi connectivity index (χ2v) is 5.97. The van der Waals surface area contributed by atoms with E-state index in [0.29, 0.717) is 11.4 Å². The van der Waals surface area contributed by atoms with Crippen molar-refractivity contribution in [2.24, 2.45) is 0 Å². The van der Waals surface area contributed by atoms with E-state index in [1.807, 2.05) is 19.0 Å². The molecule has 1 amide bonds. The first-order chi connectivity index (χ1) is 11.4. The summed E-state index contributed by atoms with van der Waals surface area (Å²) in [5.74, 6) is 0.252. The molecule has 128 valence electrons. The van der Waals surface area contributed by atoms with Crippen molar-refractivity contribution in [2.45, 2.75) is 25.8 Å². The van der Waals surface area contributed by atoms with Gasteiger partial charge >= 0.3 is 0 Å². The maximum Gasteiger partial charge on any atom is 0.248 e. The van der Waals surface area contributed by atoms with E-state index in [4.69, 9.17) is 0 Å². The van der Waals surface area contributed by atoms with Gasteiger partial charge in [-0.3, -0.25) is 14.6 Å². The summed E-state index contributed by atoms with van der Waals surface area (Å²) in [6, 6.07) is 12.8. The van der Waals surface area contributed by atoms with Crippen molar-refractivity contribution in [3.8, 4) is 11.5 Å². The molecule has 0 aliphatic heterocycles. The van der Waals surface area contributed by atoms with Crippen molar-refractivity contribution in [1.82, 2.24) is 4.90 Å². The minimum Gasteiger partial charge on any atom is -0.508 e. The second kappa shape index (κ2) is 7.84. The third kappa shape index (κ3) is 4.06. The van der Waals surface area contributed by atoms with Gasteiger partial charge in [-0.2, -0.15) is 0 Å². The number of carbonyl (C=O) groups is 1. The number of amides is 1. The van der Waals surface area contributed by atoms with Gasteiger partial charge in [0.2, 0.25) is 5.91 Å². The lowest BCUT2D eigenvalue weighted by Crippen LogP contribution is -2.44. The smallest absolute Gasteiger partial charge is 0.248 e. The SMILES string of the molecule is CCCC(C(=O)N(c1ccc(O)cc1)c1ccc(O)cc1)N(C)C. The van der Waals surface area contributed by atoms with Gasteiger partial charge in [-0.25, -0.2) is 0 Å². The fraction of sp³-hybridized carbons (Fsp3) is 0.316. The molecule has 2 aromatic carbocycles. The van der Waals surface area contributed by atoms with Crippen LogP contribution in [0.25, 0.3) is 0 Å². The Bertz CT molecular complexity index is 621. The highest BCUT2D eigenvalue weighted by molar-refractivity contribution is 6.03. The predicted octanol–water partition coefficient (Wildman–Crippen LogP) is 3.49. The Morgan fingerprint density at radius 2 is 1.33 bits per heavy atom. The monoisotopic (exact) mass is 328 g/mol. The molecule has 24 heavy (non-hydrogen) atoms. The second-order valence-electron chi connectivity index (χ2n) is 5.97. The summed E-state index contributed by atoms with van der Waals surface area (Å²) in [5, 5.41) is 19.0. The largest absolute Gasteiger partial charge is 0.508 e. The quantitative estimate of drug-likeness (QED) is 0.852. The van der Waals surface area contributed by atoms with Gasteiger partial charge in [-0.15, -0.1) is 0 Å². The molecule has 2 rings (SSSR count). The molecule has 0 aromatic heterocycles. The summed E-state index contributed by atoms with van der Waals surface area (Å²) in [4.78, 5) is 16.7. The first kappa shape index (κ1) is 17.8. The van der Waals surface area contributed by atoms with Gasteiger partial charge in [0, 0.05) is 11.4 Å². The summed E-state index contributed by atoms with van der Waals surface area (Å²) >= 11 is 0.